The molecule has 2 heterocycles. The third-order valence-electron chi connectivity index (χ3n) is 7.84. The Hall–Kier alpha value is -2.46. The van der Waals surface area contributed by atoms with Gasteiger partial charge >= 0.3 is 0 Å². The third-order valence-corrected chi connectivity index (χ3v) is 7.84. The predicted octanol–water partition coefficient (Wildman–Crippen LogP) is 2.52. The lowest BCUT2D eigenvalue weighted by molar-refractivity contribution is -0.148. The van der Waals surface area contributed by atoms with Crippen LogP contribution in [0.3, 0.4) is 0 Å². The first-order valence-electron chi connectivity index (χ1n) is 10.6. The molecule has 5 aliphatic rings. The van der Waals surface area contributed by atoms with Crippen molar-refractivity contribution in [2.24, 2.45) is 23.2 Å². The van der Waals surface area contributed by atoms with Gasteiger partial charge in [-0.1, -0.05) is 6.07 Å². The maximum atomic E-state index is 13.3. The fraction of sp³-hybridized carbons (Fsp3) is 0.636. The molecule has 1 aliphatic heterocycles. The number of hydrogen-bond acceptors (Lipinski definition) is 5. The number of nitrogens with zero attached hydrogens (tertiary/aromatic N) is 4. The van der Waals surface area contributed by atoms with E-state index < -0.39 is 11.0 Å². The van der Waals surface area contributed by atoms with Crippen molar-refractivity contribution in [1.82, 2.24) is 9.88 Å². The highest BCUT2D eigenvalue weighted by molar-refractivity contribution is 6.14. The minimum Gasteiger partial charge on any atom is -0.390 e. The highest BCUT2D eigenvalue weighted by atomic mass is 16.3. The van der Waals surface area contributed by atoms with Crippen molar-refractivity contribution >= 4 is 17.6 Å². The molecule has 3 atom stereocenters. The second kappa shape index (κ2) is 6.27. The Balaban J connectivity index is 1.41. The number of anilines is 1. The minimum absolute atomic E-state index is 0.0714. The zero-order valence-corrected chi connectivity index (χ0v) is 16.7. The van der Waals surface area contributed by atoms with Crippen LogP contribution in [0.2, 0.25) is 0 Å². The Kier molecular flexibility index (Phi) is 4.01. The number of carbonyl (C=O) groups is 1. The van der Waals surface area contributed by atoms with Gasteiger partial charge in [-0.15, -0.1) is 0 Å². The minimum atomic E-state index is -1.03. The lowest BCUT2D eigenvalue weighted by Crippen LogP contribution is -2.63. The Morgan fingerprint density at radius 1 is 1.34 bits per heavy atom. The van der Waals surface area contributed by atoms with Gasteiger partial charge in [-0.3, -0.25) is 20.0 Å². The largest absolute Gasteiger partial charge is 0.390 e. The summed E-state index contributed by atoms with van der Waals surface area (Å²) in [5.41, 5.74) is -1.61. The molecule has 6 rings (SSSR count). The molecule has 0 radical (unpaired) electrons. The highest BCUT2D eigenvalue weighted by Crippen LogP contribution is 2.57. The Morgan fingerprint density at radius 3 is 2.66 bits per heavy atom. The number of amides is 1. The van der Waals surface area contributed by atoms with Crippen LogP contribution in [0, 0.1) is 40.0 Å². The van der Waals surface area contributed by atoms with Gasteiger partial charge in [0.05, 0.1) is 11.6 Å². The monoisotopic (exact) mass is 393 g/mol. The summed E-state index contributed by atoms with van der Waals surface area (Å²) in [4.78, 5) is 20.7. The quantitative estimate of drug-likeness (QED) is 0.355. The Morgan fingerprint density at radius 2 is 2.07 bits per heavy atom. The molecule has 3 unspecified atom stereocenters. The molecule has 7 nitrogen and oxygen atoms in total. The lowest BCUT2D eigenvalue weighted by atomic mass is 9.52. The summed E-state index contributed by atoms with van der Waals surface area (Å²) in [5, 5.41) is 29.8. The molecule has 29 heavy (non-hydrogen) atoms. The molecule has 1 saturated heterocycles. The summed E-state index contributed by atoms with van der Waals surface area (Å²) < 4.78 is 0. The van der Waals surface area contributed by atoms with Crippen LogP contribution >= 0.6 is 0 Å². The predicted molar refractivity (Wildman–Crippen MR) is 107 cm³/mol. The van der Waals surface area contributed by atoms with Crippen LogP contribution < -0.4 is 4.90 Å². The summed E-state index contributed by atoms with van der Waals surface area (Å²) >= 11 is 0. The van der Waals surface area contributed by atoms with Gasteiger partial charge in [0.1, 0.15) is 17.1 Å². The summed E-state index contributed by atoms with van der Waals surface area (Å²) in [6.45, 7) is 2.28. The van der Waals surface area contributed by atoms with Crippen molar-refractivity contribution in [1.29, 1.82) is 10.7 Å². The van der Waals surface area contributed by atoms with Crippen LogP contribution in [0.4, 0.5) is 5.82 Å². The number of aromatic nitrogens is 1. The molecule has 152 valence electrons. The van der Waals surface area contributed by atoms with Crippen LogP contribution in [0.15, 0.2) is 24.4 Å². The maximum Gasteiger partial charge on any atom is 0.241 e. The summed E-state index contributed by atoms with van der Waals surface area (Å²) in [6, 6.07) is 5.38. The van der Waals surface area contributed by atoms with Crippen molar-refractivity contribution in [2.75, 3.05) is 11.4 Å². The molecule has 4 saturated carbocycles. The van der Waals surface area contributed by atoms with Crippen LogP contribution in [0.1, 0.15) is 45.4 Å². The van der Waals surface area contributed by atoms with Gasteiger partial charge in [0, 0.05) is 12.7 Å². The van der Waals surface area contributed by atoms with Gasteiger partial charge in [-0.05, 0) is 75.3 Å². The van der Waals surface area contributed by atoms with Gasteiger partial charge in [0.15, 0.2) is 6.19 Å². The summed E-state index contributed by atoms with van der Waals surface area (Å²) in [6.07, 6.45) is 8.74. The molecule has 2 N–H and O–H groups in total. The zero-order chi connectivity index (χ0) is 20.4. The number of hydrogen-bond donors (Lipinski definition) is 2. The summed E-state index contributed by atoms with van der Waals surface area (Å²) in [5.74, 6) is 1.51. The topological polar surface area (TPSA) is 104 Å². The lowest BCUT2D eigenvalue weighted by Gasteiger charge is -2.59. The third kappa shape index (κ3) is 2.69. The fourth-order valence-electron chi connectivity index (χ4n) is 6.70. The van der Waals surface area contributed by atoms with Gasteiger partial charge in [0.25, 0.3) is 0 Å². The van der Waals surface area contributed by atoms with Gasteiger partial charge < -0.3 is 5.11 Å². The molecular formula is C22H27N5O2. The normalized spacial score (nSPS) is 40.2. The number of nitrogens with one attached hydrogen (secondary N) is 1. The number of nitriles is 1. The molecule has 4 bridgehead atoms. The van der Waals surface area contributed by atoms with E-state index in [1.165, 1.54) is 4.90 Å². The Bertz CT molecular complexity index is 880. The number of amidine groups is 1. The van der Waals surface area contributed by atoms with Crippen molar-refractivity contribution < 1.29 is 9.90 Å². The second-order valence-corrected chi connectivity index (χ2v) is 9.73. The first kappa shape index (κ1) is 18.6. The molecule has 7 heteroatoms. The van der Waals surface area contributed by atoms with Crippen molar-refractivity contribution in [3.8, 4) is 6.19 Å². The van der Waals surface area contributed by atoms with E-state index in [0.29, 0.717) is 37.5 Å². The second-order valence-electron chi connectivity index (χ2n) is 9.73. The van der Waals surface area contributed by atoms with E-state index in [-0.39, 0.29) is 29.6 Å². The average molecular weight is 393 g/mol. The van der Waals surface area contributed by atoms with E-state index in [9.17, 15) is 15.2 Å². The van der Waals surface area contributed by atoms with Gasteiger partial charge in [-0.2, -0.15) is 5.26 Å². The average Bonchev–Trinajstić information content (AvgIpc) is 2.99. The van der Waals surface area contributed by atoms with Crippen molar-refractivity contribution in [2.45, 2.75) is 57.1 Å². The number of pyridine rings is 1. The zero-order valence-electron chi connectivity index (χ0n) is 16.7. The van der Waals surface area contributed by atoms with E-state index in [1.54, 1.807) is 24.1 Å². The van der Waals surface area contributed by atoms with Crippen LogP contribution in [0.25, 0.3) is 0 Å². The van der Waals surface area contributed by atoms with E-state index >= 15 is 0 Å². The van der Waals surface area contributed by atoms with Gasteiger partial charge in [0.2, 0.25) is 5.91 Å². The fourth-order valence-corrected chi connectivity index (χ4v) is 6.70. The van der Waals surface area contributed by atoms with E-state index in [1.807, 2.05) is 12.1 Å². The Labute approximate surface area is 170 Å². The number of aliphatic hydroxyl groups is 1. The maximum absolute atomic E-state index is 13.3. The smallest absolute Gasteiger partial charge is 0.241 e. The van der Waals surface area contributed by atoms with Crippen LogP contribution in [0.5, 0.6) is 0 Å². The van der Waals surface area contributed by atoms with E-state index in [2.05, 4.69) is 11.2 Å². The standard InChI is InChI=1S/C22H27N5O2/c1-21(5-7-26(20(21)28)17-4-2-3-6-25-17)19(24)27(13-23)18-15-8-14-9-16(18)12-22(29,10-14)11-15/h2-4,6,14-16,18,24,29H,5,7-12H2,1H3. The van der Waals surface area contributed by atoms with Crippen LogP contribution in [-0.2, 0) is 4.79 Å². The van der Waals surface area contributed by atoms with E-state index in [4.69, 9.17) is 5.41 Å². The first-order valence-corrected chi connectivity index (χ1v) is 10.6. The van der Waals surface area contributed by atoms with Crippen molar-refractivity contribution in [3.63, 3.8) is 0 Å². The number of rotatable bonds is 3. The van der Waals surface area contributed by atoms with Crippen molar-refractivity contribution in [3.05, 3.63) is 24.4 Å². The van der Waals surface area contributed by atoms with Gasteiger partial charge in [-0.25, -0.2) is 4.98 Å². The van der Waals surface area contributed by atoms with E-state index in [0.717, 1.165) is 19.3 Å². The SMILES string of the molecule is CC1(C(=N)N(C#N)C2C3CC4CC2CC(O)(C4)C3)CCN(c2ccccn2)C1=O. The molecule has 0 spiro atoms. The van der Waals surface area contributed by atoms with Crippen LogP contribution in [-0.4, -0.2) is 44.9 Å². The molecular weight excluding hydrogens is 366 g/mol. The molecule has 1 aromatic rings. The molecule has 5 fully saturated rings. The first-order chi connectivity index (χ1) is 13.8. The summed E-state index contributed by atoms with van der Waals surface area (Å²) in [7, 11) is 0. The number of carbonyl (C=O) groups excluding carboxylic acids is 1. The molecule has 1 aromatic heterocycles. The molecule has 0 aromatic carbocycles. The highest BCUT2D eigenvalue weighted by Gasteiger charge is 2.58. The molecule has 1 amide bonds. The molecule has 4 aliphatic carbocycles.